The van der Waals surface area contributed by atoms with Crippen LogP contribution in [0.2, 0.25) is 10.0 Å². The van der Waals surface area contributed by atoms with Crippen LogP contribution in [0.15, 0.2) is 48.5 Å². The van der Waals surface area contributed by atoms with E-state index in [0.29, 0.717) is 20.7 Å². The monoisotopic (exact) mass is 396 g/mol. The summed E-state index contributed by atoms with van der Waals surface area (Å²) in [4.78, 5) is 28.5. The molecule has 6 nitrogen and oxygen atoms in total. The molecule has 0 heterocycles. The number of nitrogens with zero attached hydrogens (tertiary/aromatic N) is 1. The summed E-state index contributed by atoms with van der Waals surface area (Å²) in [5, 5.41) is 1.46. The van der Waals surface area contributed by atoms with Crippen molar-refractivity contribution in [3.63, 3.8) is 0 Å². The summed E-state index contributed by atoms with van der Waals surface area (Å²) in [5.41, 5.74) is 5.38. The van der Waals surface area contributed by atoms with Crippen LogP contribution in [0.5, 0.6) is 0 Å². The van der Waals surface area contributed by atoms with E-state index in [-0.39, 0.29) is 6.54 Å². The first-order valence-electron chi connectivity index (χ1n) is 7.66. The molecule has 0 unspecified atom stereocenters. The van der Waals surface area contributed by atoms with Crippen molar-refractivity contribution in [1.29, 1.82) is 0 Å². The van der Waals surface area contributed by atoms with Gasteiger partial charge in [0.1, 0.15) is 5.60 Å². The van der Waals surface area contributed by atoms with E-state index in [0.717, 1.165) is 5.56 Å². The van der Waals surface area contributed by atoms with Gasteiger partial charge in [-0.25, -0.2) is 9.59 Å². The summed E-state index contributed by atoms with van der Waals surface area (Å²) < 4.78 is 5.51. The predicted octanol–water partition coefficient (Wildman–Crippen LogP) is 4.88. The molecule has 2 N–H and O–H groups in total. The first kappa shape index (κ1) is 19.9. The molecule has 0 aliphatic heterocycles. The summed E-state index contributed by atoms with van der Waals surface area (Å²) in [7, 11) is 0. The van der Waals surface area contributed by atoms with Crippen LogP contribution in [0.25, 0.3) is 0 Å². The molecule has 0 saturated heterocycles. The van der Waals surface area contributed by atoms with Gasteiger partial charge in [-0.15, -0.1) is 5.06 Å². The Morgan fingerprint density at radius 2 is 1.77 bits per heavy atom. The van der Waals surface area contributed by atoms with Crippen LogP contribution >= 0.6 is 23.2 Å². The predicted molar refractivity (Wildman–Crippen MR) is 98.6 cm³/mol. The fourth-order valence-corrected chi connectivity index (χ4v) is 2.68. The van der Waals surface area contributed by atoms with Gasteiger partial charge >= 0.3 is 12.2 Å². The number of rotatable bonds is 4. The molecular weight excluding hydrogens is 379 g/mol. The molecule has 0 saturated carbocycles. The normalized spacial score (nSPS) is 10.9. The highest BCUT2D eigenvalue weighted by molar-refractivity contribution is 6.35. The average molecular weight is 397 g/mol. The molecule has 2 aromatic rings. The van der Waals surface area contributed by atoms with Gasteiger partial charge in [0.25, 0.3) is 0 Å². The van der Waals surface area contributed by atoms with E-state index in [1.807, 2.05) is 30.3 Å². The molecule has 0 bridgehead atoms. The fourth-order valence-electron chi connectivity index (χ4n) is 2.21. The minimum absolute atomic E-state index is 0.150. The Bertz CT molecular complexity index is 797. The van der Waals surface area contributed by atoms with E-state index in [1.54, 1.807) is 26.0 Å². The van der Waals surface area contributed by atoms with Crippen molar-refractivity contribution in [2.24, 2.45) is 5.73 Å². The number of primary amides is 1. The highest BCUT2D eigenvalue weighted by Gasteiger charge is 2.30. The summed E-state index contributed by atoms with van der Waals surface area (Å²) in [6, 6.07) is 13.9. The van der Waals surface area contributed by atoms with Crippen LogP contribution in [0.1, 0.15) is 25.0 Å². The molecule has 2 aromatic carbocycles. The molecular formula is C18H18Cl2N2O4. The van der Waals surface area contributed by atoms with Crippen LogP contribution in [0, 0.1) is 0 Å². The highest BCUT2D eigenvalue weighted by Crippen LogP contribution is 2.27. The van der Waals surface area contributed by atoms with Gasteiger partial charge in [0, 0.05) is 10.0 Å². The number of benzene rings is 2. The van der Waals surface area contributed by atoms with Crippen molar-refractivity contribution in [3.8, 4) is 0 Å². The van der Waals surface area contributed by atoms with Gasteiger partial charge in [0.15, 0.2) is 0 Å². The quantitative estimate of drug-likeness (QED) is 0.746. The van der Waals surface area contributed by atoms with Gasteiger partial charge in [-0.3, -0.25) is 0 Å². The van der Waals surface area contributed by atoms with Gasteiger partial charge in [0.05, 0.1) is 6.54 Å². The van der Waals surface area contributed by atoms with Gasteiger partial charge in [-0.05, 0) is 37.1 Å². The Kier molecular flexibility index (Phi) is 6.34. The molecule has 2 rings (SSSR count). The number of hydroxylamine groups is 2. The second kappa shape index (κ2) is 8.29. The lowest BCUT2D eigenvalue weighted by molar-refractivity contribution is -0.107. The zero-order valence-electron chi connectivity index (χ0n) is 14.2. The summed E-state index contributed by atoms with van der Waals surface area (Å²) in [6.45, 7) is 3.29. The molecule has 0 aliphatic carbocycles. The van der Waals surface area contributed by atoms with E-state index >= 15 is 0 Å². The number of amides is 2. The Morgan fingerprint density at radius 1 is 1.12 bits per heavy atom. The van der Waals surface area contributed by atoms with E-state index in [2.05, 4.69) is 0 Å². The van der Waals surface area contributed by atoms with Crippen LogP contribution < -0.4 is 5.73 Å². The lowest BCUT2D eigenvalue weighted by Gasteiger charge is -2.29. The van der Waals surface area contributed by atoms with Crippen LogP contribution in [-0.4, -0.2) is 17.2 Å². The van der Waals surface area contributed by atoms with E-state index < -0.39 is 17.8 Å². The van der Waals surface area contributed by atoms with E-state index in [9.17, 15) is 9.59 Å². The molecule has 0 aliphatic rings. The number of halogens is 2. The lowest BCUT2D eigenvalue weighted by Crippen LogP contribution is -2.39. The Hall–Kier alpha value is -2.44. The Balaban J connectivity index is 2.20. The molecule has 0 spiro atoms. The third kappa shape index (κ3) is 5.28. The second-order valence-electron chi connectivity index (χ2n) is 5.93. The Labute approximate surface area is 161 Å². The van der Waals surface area contributed by atoms with Gasteiger partial charge in [0.2, 0.25) is 0 Å². The number of carbonyl (C=O) groups excluding carboxylic acids is 2. The summed E-state index contributed by atoms with van der Waals surface area (Å²) >= 11 is 12.0. The van der Waals surface area contributed by atoms with Crippen molar-refractivity contribution in [2.45, 2.75) is 26.0 Å². The lowest BCUT2D eigenvalue weighted by atomic mass is 9.98. The first-order chi connectivity index (χ1) is 12.2. The smallest absolute Gasteiger partial charge is 0.436 e. The van der Waals surface area contributed by atoms with Gasteiger partial charge < -0.3 is 15.3 Å². The van der Waals surface area contributed by atoms with Crippen molar-refractivity contribution in [2.75, 3.05) is 0 Å². The minimum atomic E-state index is -1.15. The third-order valence-electron chi connectivity index (χ3n) is 3.54. The number of carbonyl (C=O) groups is 2. The molecule has 0 radical (unpaired) electrons. The molecule has 8 heteroatoms. The molecule has 2 amide bonds. The van der Waals surface area contributed by atoms with Crippen LogP contribution in [0.3, 0.4) is 0 Å². The first-order valence-corrected chi connectivity index (χ1v) is 8.42. The molecule has 138 valence electrons. The molecule has 0 atom stereocenters. The topological polar surface area (TPSA) is 81.9 Å². The second-order valence-corrected chi connectivity index (χ2v) is 6.77. The highest BCUT2D eigenvalue weighted by atomic mass is 35.5. The standard InChI is InChI=1S/C18H18Cl2N2O4/c1-18(2,13-6-4-3-5-7-13)25-17(24)22(26-16(21)23)11-12-8-9-14(19)10-15(12)20/h3-10H,11H2,1-2H3,(H2,21,23). The summed E-state index contributed by atoms with van der Waals surface area (Å²) in [5.74, 6) is 0. The average Bonchev–Trinajstić information content (AvgIpc) is 2.56. The molecule has 0 fully saturated rings. The van der Waals surface area contributed by atoms with Crippen molar-refractivity contribution in [1.82, 2.24) is 5.06 Å². The summed E-state index contributed by atoms with van der Waals surface area (Å²) in [6.07, 6.45) is -2.03. The number of nitrogens with two attached hydrogens (primary N) is 1. The number of ether oxygens (including phenoxy) is 1. The maximum absolute atomic E-state index is 12.6. The maximum Gasteiger partial charge on any atom is 0.444 e. The maximum atomic E-state index is 12.6. The zero-order valence-corrected chi connectivity index (χ0v) is 15.8. The van der Waals surface area contributed by atoms with E-state index in [4.69, 9.17) is 38.5 Å². The van der Waals surface area contributed by atoms with Crippen molar-refractivity contribution >= 4 is 35.4 Å². The minimum Gasteiger partial charge on any atom is -0.436 e. The third-order valence-corrected chi connectivity index (χ3v) is 4.13. The molecule has 26 heavy (non-hydrogen) atoms. The Morgan fingerprint density at radius 3 is 2.35 bits per heavy atom. The molecule has 0 aromatic heterocycles. The number of hydrogen-bond donors (Lipinski definition) is 1. The SMILES string of the molecule is CC(C)(OC(=O)N(Cc1ccc(Cl)cc1Cl)OC(N)=O)c1ccccc1. The van der Waals surface area contributed by atoms with Gasteiger partial charge in [-0.1, -0.05) is 59.6 Å². The largest absolute Gasteiger partial charge is 0.444 e. The number of hydrogen-bond acceptors (Lipinski definition) is 4. The fraction of sp³-hybridized carbons (Fsp3) is 0.222. The van der Waals surface area contributed by atoms with Crippen LogP contribution in [-0.2, 0) is 21.7 Å². The van der Waals surface area contributed by atoms with Crippen molar-refractivity contribution < 1.29 is 19.2 Å². The van der Waals surface area contributed by atoms with E-state index in [1.165, 1.54) is 6.07 Å². The van der Waals surface area contributed by atoms with Gasteiger partial charge in [-0.2, -0.15) is 0 Å². The van der Waals surface area contributed by atoms with Crippen LogP contribution in [0.4, 0.5) is 9.59 Å². The zero-order chi connectivity index (χ0) is 19.3. The van der Waals surface area contributed by atoms with Crippen molar-refractivity contribution in [3.05, 3.63) is 69.7 Å².